The van der Waals surface area contributed by atoms with E-state index in [0.29, 0.717) is 103 Å². The Labute approximate surface area is 392 Å². The normalized spacial score (nSPS) is 15.9. The monoisotopic (exact) mass is 942 g/mol. The molecule has 8 rings (SSSR count). The van der Waals surface area contributed by atoms with Crippen LogP contribution >= 0.6 is 0 Å². The Balaban J connectivity index is 0.911. The van der Waals surface area contributed by atoms with E-state index < -0.39 is 23.6 Å². The standard InChI is InChI=1S/C52H56F6N6O4/c1-66-43-9-4-7-39(31-43)36-67-41-17-13-37(14-18-41)32-61-50(21-24-59-25-22-50)49(65)60-23-6-26-64-35-45(44-10-2-3-11-46(44)51(53,54)55)48-40(8-5-12-47(48)64)34-63-29-27-62(28-30-63)33-38-15-19-42(20-16-38)68-52(56,57)58/h2-5,7-20,31,35,59,61H,6,21-30,32-34,36H2,1H3,(H,60,65). The second-order valence-corrected chi connectivity index (χ2v) is 17.4. The van der Waals surface area contributed by atoms with Gasteiger partial charge in [0.25, 0.3) is 0 Å². The summed E-state index contributed by atoms with van der Waals surface area (Å²) in [7, 11) is 1.63. The molecule has 0 spiro atoms. The Morgan fingerprint density at radius 3 is 2.10 bits per heavy atom. The van der Waals surface area contributed by atoms with E-state index in [0.717, 1.165) is 50.7 Å². The van der Waals surface area contributed by atoms with Gasteiger partial charge in [0.15, 0.2) is 0 Å². The molecule has 3 heterocycles. The first-order valence-corrected chi connectivity index (χ1v) is 22.9. The highest BCUT2D eigenvalue weighted by Crippen LogP contribution is 2.41. The van der Waals surface area contributed by atoms with E-state index in [1.165, 1.54) is 24.3 Å². The lowest BCUT2D eigenvalue weighted by molar-refractivity contribution is -0.274. The van der Waals surface area contributed by atoms with Crippen molar-refractivity contribution in [2.45, 2.75) is 70.1 Å². The van der Waals surface area contributed by atoms with Crippen LogP contribution in [0.5, 0.6) is 17.2 Å². The summed E-state index contributed by atoms with van der Waals surface area (Å²) in [5.41, 5.74) is 3.71. The van der Waals surface area contributed by atoms with Crippen molar-refractivity contribution in [1.82, 2.24) is 30.3 Å². The third-order valence-corrected chi connectivity index (χ3v) is 12.8. The molecule has 10 nitrogen and oxygen atoms in total. The minimum Gasteiger partial charge on any atom is -0.497 e. The zero-order valence-corrected chi connectivity index (χ0v) is 37.9. The average Bonchev–Trinajstić information content (AvgIpc) is 3.72. The topological polar surface area (TPSA) is 92.3 Å². The SMILES string of the molecule is COc1cccc(COc2ccc(CNC3(C(=O)NCCCn4cc(-c5ccccc5C(F)(F)F)c5c(CN6CCN(Cc7ccc(OC(F)(F)F)cc7)CC6)cccc54)CCNCC3)cc2)c1. The number of amides is 1. The quantitative estimate of drug-likeness (QED) is 0.0581. The molecule has 3 N–H and O–H groups in total. The molecule has 0 atom stereocenters. The third-order valence-electron chi connectivity index (χ3n) is 12.8. The largest absolute Gasteiger partial charge is 0.573 e. The van der Waals surface area contributed by atoms with Crippen molar-refractivity contribution >= 4 is 16.8 Å². The first-order chi connectivity index (χ1) is 32.7. The van der Waals surface area contributed by atoms with Crippen molar-refractivity contribution < 1.29 is 45.3 Å². The van der Waals surface area contributed by atoms with Gasteiger partial charge in [-0.3, -0.25) is 19.9 Å². The number of aromatic nitrogens is 1. The first kappa shape index (κ1) is 48.4. The summed E-state index contributed by atoms with van der Waals surface area (Å²) in [6, 6.07) is 32.9. The second kappa shape index (κ2) is 21.5. The van der Waals surface area contributed by atoms with Crippen LogP contribution < -0.4 is 30.2 Å². The molecule has 6 aromatic rings. The van der Waals surface area contributed by atoms with Crippen molar-refractivity contribution in [1.29, 1.82) is 0 Å². The van der Waals surface area contributed by atoms with Crippen molar-refractivity contribution in [3.63, 3.8) is 0 Å². The summed E-state index contributed by atoms with van der Waals surface area (Å²) in [6.45, 7) is 6.98. The summed E-state index contributed by atoms with van der Waals surface area (Å²) in [6.07, 6.45) is -5.74. The number of piperidine rings is 1. The highest BCUT2D eigenvalue weighted by molar-refractivity contribution is 5.99. The highest BCUT2D eigenvalue weighted by Gasteiger charge is 2.39. The number of aryl methyl sites for hydroxylation is 1. The summed E-state index contributed by atoms with van der Waals surface area (Å²) >= 11 is 0. The Hall–Kier alpha value is -6.07. The molecule has 2 saturated heterocycles. The summed E-state index contributed by atoms with van der Waals surface area (Å²) in [5.74, 6) is 1.16. The van der Waals surface area contributed by atoms with Gasteiger partial charge in [-0.15, -0.1) is 13.2 Å². The van der Waals surface area contributed by atoms with Gasteiger partial charge in [-0.2, -0.15) is 13.2 Å². The highest BCUT2D eigenvalue weighted by atomic mass is 19.4. The lowest BCUT2D eigenvalue weighted by atomic mass is 9.87. The molecule has 0 unspecified atom stereocenters. The van der Waals surface area contributed by atoms with Crippen LogP contribution in [0.4, 0.5) is 26.3 Å². The van der Waals surface area contributed by atoms with E-state index in [4.69, 9.17) is 9.47 Å². The number of hydrogen-bond donors (Lipinski definition) is 3. The fraction of sp³-hybridized carbons (Fsp3) is 0.365. The van der Waals surface area contributed by atoms with Crippen molar-refractivity contribution in [2.24, 2.45) is 0 Å². The second-order valence-electron chi connectivity index (χ2n) is 17.4. The first-order valence-electron chi connectivity index (χ1n) is 22.9. The zero-order chi connectivity index (χ0) is 47.7. The molecule has 0 saturated carbocycles. The number of nitrogens with zero attached hydrogens (tertiary/aromatic N) is 3. The maximum absolute atomic E-state index is 14.5. The lowest BCUT2D eigenvalue weighted by Crippen LogP contribution is -2.61. The number of ether oxygens (including phenoxy) is 3. The minimum absolute atomic E-state index is 0.0785. The van der Waals surface area contributed by atoms with E-state index in [1.54, 1.807) is 25.3 Å². The average molecular weight is 943 g/mol. The number of halogens is 6. The van der Waals surface area contributed by atoms with Crippen molar-refractivity contribution in [3.8, 4) is 28.4 Å². The van der Waals surface area contributed by atoms with E-state index in [2.05, 4.69) is 30.5 Å². The molecule has 1 amide bonds. The van der Waals surface area contributed by atoms with E-state index in [9.17, 15) is 31.1 Å². The Morgan fingerprint density at radius 2 is 1.40 bits per heavy atom. The van der Waals surface area contributed by atoms with Gasteiger partial charge in [0.1, 0.15) is 29.4 Å². The number of carbonyl (C=O) groups is 1. The van der Waals surface area contributed by atoms with E-state index in [1.807, 2.05) is 77.5 Å². The zero-order valence-electron chi connectivity index (χ0n) is 37.9. The van der Waals surface area contributed by atoms with Gasteiger partial charge >= 0.3 is 12.5 Å². The van der Waals surface area contributed by atoms with Gasteiger partial charge in [-0.25, -0.2) is 0 Å². The summed E-state index contributed by atoms with van der Waals surface area (Å²) in [5, 5.41) is 10.9. The molecule has 1 aromatic heterocycles. The molecule has 5 aromatic carbocycles. The minimum atomic E-state index is -4.75. The third kappa shape index (κ3) is 12.3. The number of rotatable bonds is 18. The Kier molecular flexibility index (Phi) is 15.3. The Bertz CT molecular complexity index is 2600. The molecular formula is C52H56F6N6O4. The van der Waals surface area contributed by atoms with Crippen LogP contribution in [0.1, 0.15) is 47.1 Å². The number of carbonyl (C=O) groups excluding carboxylic acids is 1. The number of methoxy groups -OCH3 is 1. The molecular weight excluding hydrogens is 887 g/mol. The summed E-state index contributed by atoms with van der Waals surface area (Å²) < 4.78 is 98.8. The van der Waals surface area contributed by atoms with Crippen LogP contribution in [-0.2, 0) is 43.8 Å². The van der Waals surface area contributed by atoms with Crippen LogP contribution in [0.25, 0.3) is 22.0 Å². The number of fused-ring (bicyclic) bond motifs is 1. The molecule has 68 heavy (non-hydrogen) atoms. The molecule has 360 valence electrons. The molecule has 0 radical (unpaired) electrons. The number of benzene rings is 5. The van der Waals surface area contributed by atoms with Crippen molar-refractivity contribution in [3.05, 3.63) is 149 Å². The van der Waals surface area contributed by atoms with Gasteiger partial charge in [0.2, 0.25) is 5.91 Å². The maximum atomic E-state index is 14.5. The van der Waals surface area contributed by atoms with E-state index in [-0.39, 0.29) is 17.2 Å². The number of nitrogens with one attached hydrogen (secondary N) is 3. The van der Waals surface area contributed by atoms with Crippen LogP contribution in [-0.4, -0.2) is 85.1 Å². The lowest BCUT2D eigenvalue weighted by Gasteiger charge is -2.37. The molecule has 2 fully saturated rings. The fourth-order valence-corrected chi connectivity index (χ4v) is 9.18. The molecule has 2 aliphatic rings. The predicted octanol–water partition coefficient (Wildman–Crippen LogP) is 9.55. The number of hydrogen-bond acceptors (Lipinski definition) is 8. The molecule has 0 aliphatic carbocycles. The Morgan fingerprint density at radius 1 is 0.721 bits per heavy atom. The van der Waals surface area contributed by atoms with Crippen LogP contribution in [0.2, 0.25) is 0 Å². The fourth-order valence-electron chi connectivity index (χ4n) is 9.18. The van der Waals surface area contributed by atoms with Gasteiger partial charge in [0, 0.05) is 81.6 Å². The van der Waals surface area contributed by atoms with Crippen molar-refractivity contribution in [2.75, 3.05) is 52.9 Å². The molecule has 16 heteroatoms. The van der Waals surface area contributed by atoms with Crippen LogP contribution in [0.15, 0.2) is 121 Å². The molecule has 0 bridgehead atoms. The maximum Gasteiger partial charge on any atom is 0.573 e. The van der Waals surface area contributed by atoms with Gasteiger partial charge in [-0.1, -0.05) is 66.7 Å². The van der Waals surface area contributed by atoms with Gasteiger partial charge in [0.05, 0.1) is 12.7 Å². The smallest absolute Gasteiger partial charge is 0.497 e. The van der Waals surface area contributed by atoms with Gasteiger partial charge in [-0.05, 0) is 109 Å². The van der Waals surface area contributed by atoms with Crippen LogP contribution in [0.3, 0.4) is 0 Å². The van der Waals surface area contributed by atoms with E-state index >= 15 is 0 Å². The summed E-state index contributed by atoms with van der Waals surface area (Å²) in [4.78, 5) is 18.5. The number of alkyl halides is 6. The molecule has 2 aliphatic heterocycles. The number of piperazine rings is 1. The van der Waals surface area contributed by atoms with Gasteiger partial charge < -0.3 is 29.4 Å². The van der Waals surface area contributed by atoms with Crippen LogP contribution in [0, 0.1) is 0 Å². The predicted molar refractivity (Wildman–Crippen MR) is 249 cm³/mol.